The molecule has 1 aromatic heterocycles. The first-order valence-electron chi connectivity index (χ1n) is 7.11. The summed E-state index contributed by atoms with van der Waals surface area (Å²) >= 11 is 0. The largest absolute Gasteiger partial charge is 0.363 e. The highest BCUT2D eigenvalue weighted by Gasteiger charge is 2.26. The fourth-order valence-corrected chi connectivity index (χ4v) is 3.11. The molecule has 0 amide bonds. The smallest absolute Gasteiger partial charge is 0.242 e. The third-order valence-corrected chi connectivity index (χ3v) is 4.96. The molecule has 1 saturated carbocycles. The van der Waals surface area contributed by atoms with Crippen LogP contribution in [-0.2, 0) is 16.6 Å². The average molecular weight is 300 g/mol. The van der Waals surface area contributed by atoms with Crippen LogP contribution in [0.3, 0.4) is 0 Å². The number of hydrogen-bond acceptors (Lipinski definition) is 4. The predicted molar refractivity (Wildman–Crippen MR) is 79.0 cm³/mol. The van der Waals surface area contributed by atoms with Gasteiger partial charge in [-0.1, -0.05) is 6.92 Å². The molecule has 2 rings (SSSR count). The second kappa shape index (κ2) is 6.71. The third-order valence-electron chi connectivity index (χ3n) is 3.52. The molecule has 1 heterocycles. The maximum absolute atomic E-state index is 12.1. The Bertz CT molecular complexity index is 522. The van der Waals surface area contributed by atoms with Gasteiger partial charge in [-0.25, -0.2) is 13.1 Å². The third kappa shape index (κ3) is 4.31. The Morgan fingerprint density at radius 1 is 1.45 bits per heavy atom. The molecule has 6 nitrogen and oxygen atoms in total. The Balaban J connectivity index is 1.83. The number of aromatic nitrogens is 1. The van der Waals surface area contributed by atoms with Gasteiger partial charge in [-0.15, -0.1) is 0 Å². The summed E-state index contributed by atoms with van der Waals surface area (Å²) in [6, 6.07) is 2.33. The number of likely N-dealkylation sites (N-methyl/N-ethyl adjacent to an activating group) is 1. The molecule has 1 aliphatic rings. The van der Waals surface area contributed by atoms with Crippen molar-refractivity contribution in [3.63, 3.8) is 0 Å². The molecule has 3 N–H and O–H groups in total. The summed E-state index contributed by atoms with van der Waals surface area (Å²) in [5, 5.41) is 3.15. The second-order valence-electron chi connectivity index (χ2n) is 5.25. The zero-order valence-corrected chi connectivity index (χ0v) is 13.0. The summed E-state index contributed by atoms with van der Waals surface area (Å²) in [5.41, 5.74) is 0.877. The molecule has 0 atom stereocenters. The number of rotatable bonds is 9. The van der Waals surface area contributed by atoms with Crippen molar-refractivity contribution in [2.75, 3.05) is 26.7 Å². The van der Waals surface area contributed by atoms with Gasteiger partial charge in [-0.2, -0.15) is 0 Å². The zero-order chi connectivity index (χ0) is 14.6. The molecule has 1 fully saturated rings. The van der Waals surface area contributed by atoms with Gasteiger partial charge in [0.2, 0.25) is 10.0 Å². The van der Waals surface area contributed by atoms with E-state index in [0.717, 1.165) is 18.8 Å². The molecule has 0 unspecified atom stereocenters. The van der Waals surface area contributed by atoms with E-state index in [1.54, 1.807) is 12.3 Å². The SMILES string of the molecule is CCNCc1cc(S(=O)(=O)NCCN(C)C2CC2)c[nH]1. The number of aromatic amines is 1. The van der Waals surface area contributed by atoms with E-state index in [9.17, 15) is 8.42 Å². The molecule has 1 aromatic rings. The summed E-state index contributed by atoms with van der Waals surface area (Å²) < 4.78 is 26.9. The molecule has 0 radical (unpaired) electrons. The van der Waals surface area contributed by atoms with E-state index in [-0.39, 0.29) is 0 Å². The number of hydrogen-bond donors (Lipinski definition) is 3. The molecule has 0 aliphatic heterocycles. The van der Waals surface area contributed by atoms with Crippen LogP contribution in [0.4, 0.5) is 0 Å². The summed E-state index contributed by atoms with van der Waals surface area (Å²) in [6.45, 7) is 4.71. The van der Waals surface area contributed by atoms with Gasteiger partial charge < -0.3 is 15.2 Å². The topological polar surface area (TPSA) is 77.2 Å². The number of nitrogens with one attached hydrogen (secondary N) is 3. The van der Waals surface area contributed by atoms with Crippen molar-refractivity contribution >= 4 is 10.0 Å². The lowest BCUT2D eigenvalue weighted by Crippen LogP contribution is -2.33. The number of sulfonamides is 1. The maximum atomic E-state index is 12.1. The molecular formula is C13H24N4O2S. The maximum Gasteiger partial charge on any atom is 0.242 e. The Morgan fingerprint density at radius 3 is 2.85 bits per heavy atom. The minimum atomic E-state index is -3.40. The Labute approximate surface area is 121 Å². The average Bonchev–Trinajstić information content (AvgIpc) is 3.14. The number of nitrogens with zero attached hydrogens (tertiary/aromatic N) is 1. The fraction of sp³-hybridized carbons (Fsp3) is 0.692. The van der Waals surface area contributed by atoms with Gasteiger partial charge in [0.1, 0.15) is 0 Å². The van der Waals surface area contributed by atoms with E-state index in [4.69, 9.17) is 0 Å². The quantitative estimate of drug-likeness (QED) is 0.620. The van der Waals surface area contributed by atoms with E-state index in [0.29, 0.717) is 24.0 Å². The van der Waals surface area contributed by atoms with Crippen molar-refractivity contribution in [2.45, 2.75) is 37.2 Å². The van der Waals surface area contributed by atoms with Crippen LogP contribution in [0.1, 0.15) is 25.5 Å². The molecule has 114 valence electrons. The first-order valence-corrected chi connectivity index (χ1v) is 8.59. The molecule has 1 aliphatic carbocycles. The first-order chi connectivity index (χ1) is 9.53. The van der Waals surface area contributed by atoms with Crippen LogP contribution in [0.5, 0.6) is 0 Å². The van der Waals surface area contributed by atoms with Crippen molar-refractivity contribution in [1.82, 2.24) is 19.9 Å². The van der Waals surface area contributed by atoms with Gasteiger partial charge in [-0.3, -0.25) is 0 Å². The lowest BCUT2D eigenvalue weighted by atomic mass is 10.4. The van der Waals surface area contributed by atoms with Crippen molar-refractivity contribution in [2.24, 2.45) is 0 Å². The van der Waals surface area contributed by atoms with E-state index in [2.05, 4.69) is 19.9 Å². The Morgan fingerprint density at radius 2 is 2.20 bits per heavy atom. The van der Waals surface area contributed by atoms with Crippen LogP contribution in [0.2, 0.25) is 0 Å². The van der Waals surface area contributed by atoms with Crippen molar-refractivity contribution < 1.29 is 8.42 Å². The van der Waals surface area contributed by atoms with E-state index < -0.39 is 10.0 Å². The molecule has 20 heavy (non-hydrogen) atoms. The zero-order valence-electron chi connectivity index (χ0n) is 12.1. The Hall–Kier alpha value is -0.890. The molecular weight excluding hydrogens is 276 g/mol. The van der Waals surface area contributed by atoms with Gasteiger partial charge in [0, 0.05) is 37.6 Å². The van der Waals surface area contributed by atoms with E-state index >= 15 is 0 Å². The lowest BCUT2D eigenvalue weighted by Gasteiger charge is -2.15. The van der Waals surface area contributed by atoms with Gasteiger partial charge in [-0.05, 0) is 32.5 Å². The summed E-state index contributed by atoms with van der Waals surface area (Å²) in [7, 11) is -1.36. The van der Waals surface area contributed by atoms with Gasteiger partial charge in [0.15, 0.2) is 0 Å². The molecule has 0 saturated heterocycles. The van der Waals surface area contributed by atoms with Gasteiger partial charge >= 0.3 is 0 Å². The van der Waals surface area contributed by atoms with Gasteiger partial charge in [0.05, 0.1) is 4.90 Å². The minimum Gasteiger partial charge on any atom is -0.363 e. The monoisotopic (exact) mass is 300 g/mol. The molecule has 0 bridgehead atoms. The highest BCUT2D eigenvalue weighted by Crippen LogP contribution is 2.24. The first kappa shape index (κ1) is 15.5. The molecule has 7 heteroatoms. The van der Waals surface area contributed by atoms with Gasteiger partial charge in [0.25, 0.3) is 0 Å². The van der Waals surface area contributed by atoms with E-state index in [1.165, 1.54) is 12.8 Å². The van der Waals surface area contributed by atoms with Crippen molar-refractivity contribution in [3.8, 4) is 0 Å². The van der Waals surface area contributed by atoms with Crippen molar-refractivity contribution in [1.29, 1.82) is 0 Å². The van der Waals surface area contributed by atoms with Crippen LogP contribution in [-0.4, -0.2) is 51.0 Å². The summed E-state index contributed by atoms with van der Waals surface area (Å²) in [4.78, 5) is 5.49. The highest BCUT2D eigenvalue weighted by atomic mass is 32.2. The van der Waals surface area contributed by atoms with Crippen LogP contribution in [0, 0.1) is 0 Å². The Kier molecular flexibility index (Phi) is 5.20. The van der Waals surface area contributed by atoms with Crippen molar-refractivity contribution in [3.05, 3.63) is 18.0 Å². The van der Waals surface area contributed by atoms with Crippen LogP contribution >= 0.6 is 0 Å². The predicted octanol–water partition coefficient (Wildman–Crippen LogP) is 0.497. The fourth-order valence-electron chi connectivity index (χ4n) is 2.07. The van der Waals surface area contributed by atoms with E-state index in [1.807, 2.05) is 14.0 Å². The molecule has 0 aromatic carbocycles. The standard InChI is InChI=1S/C13H24N4O2S/c1-3-14-9-11-8-13(10-15-11)20(18,19)16-6-7-17(2)12-4-5-12/h8,10,12,14-16H,3-7,9H2,1-2H3. The highest BCUT2D eigenvalue weighted by molar-refractivity contribution is 7.89. The summed E-state index contributed by atoms with van der Waals surface area (Å²) in [6.07, 6.45) is 4.00. The van der Waals surface area contributed by atoms with Crippen LogP contribution < -0.4 is 10.0 Å². The van der Waals surface area contributed by atoms with Crippen LogP contribution in [0.15, 0.2) is 17.2 Å². The summed E-state index contributed by atoms with van der Waals surface area (Å²) in [5.74, 6) is 0. The lowest BCUT2D eigenvalue weighted by molar-refractivity contribution is 0.329. The van der Waals surface area contributed by atoms with Crippen LogP contribution in [0.25, 0.3) is 0 Å². The molecule has 0 spiro atoms. The number of H-pyrrole nitrogens is 1. The minimum absolute atomic E-state index is 0.305. The normalized spacial score (nSPS) is 15.9. The second-order valence-corrected chi connectivity index (χ2v) is 7.02.